The minimum absolute atomic E-state index is 0.913. The first-order valence-corrected chi connectivity index (χ1v) is 14.7. The molecular weight excluding hydrogens is 512 g/mol. The van der Waals surface area contributed by atoms with Crippen LogP contribution in [0.3, 0.4) is 0 Å². The molecule has 0 radical (unpaired) electrons. The predicted octanol–water partition coefficient (Wildman–Crippen LogP) is 11.4. The zero-order valence-corrected chi connectivity index (χ0v) is 23.7. The van der Waals surface area contributed by atoms with Gasteiger partial charge in [0, 0.05) is 49.0 Å². The molecule has 9 rings (SSSR count). The van der Waals surface area contributed by atoms with Gasteiger partial charge in [-0.2, -0.15) is 0 Å². The van der Waals surface area contributed by atoms with Gasteiger partial charge in [0.1, 0.15) is 11.2 Å². The van der Waals surface area contributed by atoms with E-state index in [1.54, 1.807) is 0 Å². The Kier molecular flexibility index (Phi) is 5.65. The van der Waals surface area contributed by atoms with Crippen LogP contribution in [0.2, 0.25) is 0 Å². The molecule has 0 aliphatic heterocycles. The summed E-state index contributed by atoms with van der Waals surface area (Å²) in [6, 6.07) is 45.2. The normalized spacial score (nSPS) is 11.7. The SMILES string of the molecule is CCC.c1ccc(-n2c3ccccc3c3c4c(ccc32)[nH]c2cccc(-c3cccc5oc6ccccc6c35)c24)cc1. The molecule has 3 heteroatoms. The number of rotatable bonds is 2. The topological polar surface area (TPSA) is 33.9 Å². The first-order chi connectivity index (χ1) is 20.8. The second-order valence-corrected chi connectivity index (χ2v) is 10.9. The van der Waals surface area contributed by atoms with E-state index in [1.807, 2.05) is 12.1 Å². The number of H-pyrrole nitrogens is 1. The average molecular weight is 543 g/mol. The largest absolute Gasteiger partial charge is 0.456 e. The molecule has 0 saturated carbocycles. The minimum atomic E-state index is 0.913. The molecule has 0 spiro atoms. The maximum atomic E-state index is 6.26. The van der Waals surface area contributed by atoms with E-state index in [0.717, 1.165) is 38.7 Å². The molecule has 6 aromatic carbocycles. The van der Waals surface area contributed by atoms with Crippen LogP contribution in [0.1, 0.15) is 20.3 Å². The first kappa shape index (κ1) is 24.5. The third-order valence-electron chi connectivity index (χ3n) is 8.13. The van der Waals surface area contributed by atoms with Crippen molar-refractivity contribution in [3.63, 3.8) is 0 Å². The maximum Gasteiger partial charge on any atom is 0.136 e. The lowest BCUT2D eigenvalue weighted by molar-refractivity contribution is 0.669. The Morgan fingerprint density at radius 3 is 1.98 bits per heavy atom. The van der Waals surface area contributed by atoms with Crippen molar-refractivity contribution >= 4 is 65.6 Å². The second-order valence-electron chi connectivity index (χ2n) is 10.9. The second kappa shape index (κ2) is 9.67. The number of nitrogens with one attached hydrogen (secondary N) is 1. The molecule has 3 heterocycles. The first-order valence-electron chi connectivity index (χ1n) is 14.7. The van der Waals surface area contributed by atoms with Gasteiger partial charge in [0.15, 0.2) is 0 Å². The number of para-hydroxylation sites is 3. The van der Waals surface area contributed by atoms with Crippen molar-refractivity contribution in [3.05, 3.63) is 127 Å². The van der Waals surface area contributed by atoms with Crippen molar-refractivity contribution in [3.8, 4) is 16.8 Å². The van der Waals surface area contributed by atoms with Gasteiger partial charge in [0.25, 0.3) is 0 Å². The van der Waals surface area contributed by atoms with E-state index in [1.165, 1.54) is 50.1 Å². The highest BCUT2D eigenvalue weighted by Gasteiger charge is 2.20. The number of hydrogen-bond donors (Lipinski definition) is 1. The van der Waals surface area contributed by atoms with Gasteiger partial charge in [-0.05, 0) is 59.7 Å². The summed E-state index contributed by atoms with van der Waals surface area (Å²) in [4.78, 5) is 3.74. The summed E-state index contributed by atoms with van der Waals surface area (Å²) in [6.45, 7) is 4.25. The Bertz CT molecular complexity index is 2400. The Hall–Kier alpha value is -5.28. The Morgan fingerprint density at radius 2 is 1.14 bits per heavy atom. The van der Waals surface area contributed by atoms with Gasteiger partial charge in [-0.1, -0.05) is 99.1 Å². The Balaban J connectivity index is 0.000000856. The fourth-order valence-electron chi connectivity index (χ4n) is 6.57. The zero-order chi connectivity index (χ0) is 28.2. The van der Waals surface area contributed by atoms with Crippen LogP contribution >= 0.6 is 0 Å². The van der Waals surface area contributed by atoms with Crippen molar-refractivity contribution in [2.45, 2.75) is 20.3 Å². The van der Waals surface area contributed by atoms with Crippen molar-refractivity contribution < 1.29 is 4.42 Å². The number of aromatic nitrogens is 2. The summed E-state index contributed by atoms with van der Waals surface area (Å²) in [5.41, 5.74) is 10.1. The maximum absolute atomic E-state index is 6.26. The van der Waals surface area contributed by atoms with Crippen LogP contribution in [0.15, 0.2) is 132 Å². The number of furan rings is 1. The van der Waals surface area contributed by atoms with Gasteiger partial charge in [-0.3, -0.25) is 0 Å². The van der Waals surface area contributed by atoms with Crippen molar-refractivity contribution in [1.29, 1.82) is 0 Å². The lowest BCUT2D eigenvalue weighted by Crippen LogP contribution is -1.92. The van der Waals surface area contributed by atoms with Gasteiger partial charge >= 0.3 is 0 Å². The van der Waals surface area contributed by atoms with Crippen LogP contribution in [0.4, 0.5) is 0 Å². The molecule has 9 aromatic rings. The molecule has 202 valence electrons. The molecule has 0 unspecified atom stereocenters. The Morgan fingerprint density at radius 1 is 0.500 bits per heavy atom. The zero-order valence-electron chi connectivity index (χ0n) is 23.7. The number of fused-ring (bicyclic) bond motifs is 10. The third kappa shape index (κ3) is 3.53. The monoisotopic (exact) mass is 542 g/mol. The molecular formula is C39H30N2O. The molecule has 1 N–H and O–H groups in total. The summed E-state index contributed by atoms with van der Waals surface area (Å²) in [7, 11) is 0. The van der Waals surface area contributed by atoms with Gasteiger partial charge in [-0.15, -0.1) is 0 Å². The molecule has 0 aliphatic rings. The molecule has 0 fully saturated rings. The standard InChI is InChI=1S/C36H22N2O.C3H8/c1-2-10-22(11-3-1)38-29-17-6-4-12-25(29)35-30(38)21-20-28-36(35)34-24(14-8-16-27(34)37-28)23-15-9-19-32-33(23)26-13-5-7-18-31(26)39-32;1-3-2/h1-21,37H;3H2,1-2H3. The van der Waals surface area contributed by atoms with Crippen LogP contribution in [-0.4, -0.2) is 9.55 Å². The highest BCUT2D eigenvalue weighted by Crippen LogP contribution is 2.45. The number of aromatic amines is 1. The van der Waals surface area contributed by atoms with E-state index in [2.05, 4.69) is 139 Å². The van der Waals surface area contributed by atoms with Crippen molar-refractivity contribution in [1.82, 2.24) is 9.55 Å². The summed E-state index contributed by atoms with van der Waals surface area (Å²) >= 11 is 0. The quantitative estimate of drug-likeness (QED) is 0.232. The molecule has 3 nitrogen and oxygen atoms in total. The van der Waals surface area contributed by atoms with Crippen LogP contribution in [-0.2, 0) is 0 Å². The van der Waals surface area contributed by atoms with Crippen LogP contribution < -0.4 is 0 Å². The van der Waals surface area contributed by atoms with Crippen LogP contribution in [0.5, 0.6) is 0 Å². The van der Waals surface area contributed by atoms with E-state index in [9.17, 15) is 0 Å². The molecule has 0 aliphatic carbocycles. The van der Waals surface area contributed by atoms with Crippen molar-refractivity contribution in [2.75, 3.05) is 0 Å². The van der Waals surface area contributed by atoms with Crippen molar-refractivity contribution in [2.24, 2.45) is 0 Å². The van der Waals surface area contributed by atoms with Crippen LogP contribution in [0, 0.1) is 0 Å². The van der Waals surface area contributed by atoms with Gasteiger partial charge < -0.3 is 14.0 Å². The van der Waals surface area contributed by atoms with E-state index in [4.69, 9.17) is 4.42 Å². The predicted molar refractivity (Wildman–Crippen MR) is 179 cm³/mol. The number of nitrogens with zero attached hydrogens (tertiary/aromatic N) is 1. The average Bonchev–Trinajstić information content (AvgIpc) is 3.71. The number of hydrogen-bond acceptors (Lipinski definition) is 1. The van der Waals surface area contributed by atoms with Gasteiger partial charge in [0.05, 0.1) is 11.0 Å². The minimum Gasteiger partial charge on any atom is -0.456 e. The molecule has 0 bridgehead atoms. The van der Waals surface area contributed by atoms with Crippen LogP contribution in [0.25, 0.3) is 82.4 Å². The van der Waals surface area contributed by atoms with E-state index < -0.39 is 0 Å². The van der Waals surface area contributed by atoms with E-state index in [-0.39, 0.29) is 0 Å². The number of benzene rings is 6. The molecule has 0 saturated heterocycles. The summed E-state index contributed by atoms with van der Waals surface area (Å²) in [5.74, 6) is 0. The molecule has 0 amide bonds. The van der Waals surface area contributed by atoms with E-state index in [0.29, 0.717) is 0 Å². The lowest BCUT2D eigenvalue weighted by Gasteiger charge is -2.08. The van der Waals surface area contributed by atoms with E-state index >= 15 is 0 Å². The lowest BCUT2D eigenvalue weighted by atomic mass is 9.94. The summed E-state index contributed by atoms with van der Waals surface area (Å²) in [6.07, 6.45) is 1.25. The Labute approximate surface area is 243 Å². The summed E-state index contributed by atoms with van der Waals surface area (Å²) < 4.78 is 8.65. The molecule has 42 heavy (non-hydrogen) atoms. The summed E-state index contributed by atoms with van der Waals surface area (Å²) in [5, 5.41) is 7.33. The van der Waals surface area contributed by atoms with Gasteiger partial charge in [-0.25, -0.2) is 0 Å². The molecule has 0 atom stereocenters. The van der Waals surface area contributed by atoms with Gasteiger partial charge in [0.2, 0.25) is 0 Å². The highest BCUT2D eigenvalue weighted by atomic mass is 16.3. The molecule has 3 aromatic heterocycles. The highest BCUT2D eigenvalue weighted by molar-refractivity contribution is 6.31. The third-order valence-corrected chi connectivity index (χ3v) is 8.13. The fraction of sp³-hybridized carbons (Fsp3) is 0.0769. The fourth-order valence-corrected chi connectivity index (χ4v) is 6.57. The smallest absolute Gasteiger partial charge is 0.136 e.